The van der Waals surface area contributed by atoms with E-state index in [9.17, 15) is 4.79 Å². The Hall–Kier alpha value is -2.07. The van der Waals surface area contributed by atoms with Gasteiger partial charge in [-0.25, -0.2) is 0 Å². The van der Waals surface area contributed by atoms with Crippen LogP contribution in [0.25, 0.3) is 0 Å². The van der Waals surface area contributed by atoms with Gasteiger partial charge in [0.15, 0.2) is 5.78 Å². The molecular weight excluding hydrogens is 286 g/mol. The van der Waals surface area contributed by atoms with Crippen LogP contribution in [0.5, 0.6) is 0 Å². The Labute approximate surface area is 138 Å². The summed E-state index contributed by atoms with van der Waals surface area (Å²) in [5.74, 6) is 0.110. The molecule has 0 aliphatic heterocycles. The van der Waals surface area contributed by atoms with Crippen molar-refractivity contribution in [2.45, 2.75) is 45.6 Å². The normalized spacial score (nSPS) is 14.2. The molecule has 4 heteroatoms. The third-order valence-corrected chi connectivity index (χ3v) is 4.25. The highest BCUT2D eigenvalue weighted by Gasteiger charge is 2.15. The second-order valence-electron chi connectivity index (χ2n) is 5.77. The highest BCUT2D eigenvalue weighted by atomic mass is 16.1. The van der Waals surface area contributed by atoms with Crippen molar-refractivity contribution in [1.82, 2.24) is 10.3 Å². The van der Waals surface area contributed by atoms with Crippen LogP contribution in [0.1, 0.15) is 55.1 Å². The number of ketones is 1. The fourth-order valence-corrected chi connectivity index (χ4v) is 2.83. The van der Waals surface area contributed by atoms with Gasteiger partial charge < -0.3 is 5.32 Å². The Balaban J connectivity index is 2.07. The van der Waals surface area contributed by atoms with Crippen molar-refractivity contribution >= 4 is 18.2 Å². The van der Waals surface area contributed by atoms with E-state index in [0.29, 0.717) is 24.2 Å². The molecule has 0 atom stereocenters. The first kappa shape index (κ1) is 17.3. The summed E-state index contributed by atoms with van der Waals surface area (Å²) < 4.78 is 0. The van der Waals surface area contributed by atoms with Gasteiger partial charge in [-0.05, 0) is 45.5 Å². The number of aliphatic imine (C=N–C) groups is 1. The zero-order chi connectivity index (χ0) is 16.7. The Morgan fingerprint density at radius 3 is 2.70 bits per heavy atom. The zero-order valence-electron chi connectivity index (χ0n) is 14.1. The Kier molecular flexibility index (Phi) is 6.41. The quantitative estimate of drug-likeness (QED) is 0.579. The van der Waals surface area contributed by atoms with Crippen LogP contribution in [-0.4, -0.2) is 24.5 Å². The predicted molar refractivity (Wildman–Crippen MR) is 95.5 cm³/mol. The van der Waals surface area contributed by atoms with Crippen LogP contribution in [0.3, 0.4) is 0 Å². The molecule has 0 bridgehead atoms. The van der Waals surface area contributed by atoms with Crippen molar-refractivity contribution < 1.29 is 4.79 Å². The minimum absolute atomic E-state index is 0.110. The number of pyridine rings is 1. The van der Waals surface area contributed by atoms with Crippen LogP contribution in [0.2, 0.25) is 0 Å². The molecule has 0 aromatic carbocycles. The maximum Gasteiger partial charge on any atom is 0.165 e. The fraction of sp³-hybridized carbons (Fsp3) is 0.421. The molecule has 0 radical (unpaired) electrons. The monoisotopic (exact) mass is 311 g/mol. The predicted octanol–water partition coefficient (Wildman–Crippen LogP) is 4.15. The van der Waals surface area contributed by atoms with E-state index in [0.717, 1.165) is 31.4 Å². The first-order valence-corrected chi connectivity index (χ1v) is 8.19. The van der Waals surface area contributed by atoms with E-state index < -0.39 is 0 Å². The molecule has 1 aliphatic carbocycles. The van der Waals surface area contributed by atoms with E-state index in [1.54, 1.807) is 12.3 Å². The van der Waals surface area contributed by atoms with Gasteiger partial charge in [-0.15, -0.1) is 0 Å². The maximum atomic E-state index is 12.6. The van der Waals surface area contributed by atoms with Gasteiger partial charge in [0.1, 0.15) is 0 Å². The van der Waals surface area contributed by atoms with E-state index in [1.165, 1.54) is 11.1 Å². The SMILES string of the molecule is C=Nc1c(C(=O)CCC2=CC=C(CC)CC2)ccnc1CNC. The van der Waals surface area contributed by atoms with Crippen LogP contribution >= 0.6 is 0 Å². The van der Waals surface area contributed by atoms with E-state index in [-0.39, 0.29) is 5.78 Å². The number of aromatic nitrogens is 1. The van der Waals surface area contributed by atoms with Crippen molar-refractivity contribution in [2.24, 2.45) is 4.99 Å². The van der Waals surface area contributed by atoms with Gasteiger partial charge in [0.2, 0.25) is 0 Å². The number of hydrogen-bond donors (Lipinski definition) is 1. The van der Waals surface area contributed by atoms with Crippen LogP contribution in [-0.2, 0) is 6.54 Å². The molecule has 0 amide bonds. The van der Waals surface area contributed by atoms with Crippen molar-refractivity contribution in [2.75, 3.05) is 7.05 Å². The lowest BCUT2D eigenvalue weighted by Gasteiger charge is -2.14. The molecule has 0 fully saturated rings. The van der Waals surface area contributed by atoms with Gasteiger partial charge >= 0.3 is 0 Å². The summed E-state index contributed by atoms with van der Waals surface area (Å²) in [6.07, 6.45) is 10.7. The van der Waals surface area contributed by atoms with Gasteiger partial charge in [-0.3, -0.25) is 14.8 Å². The molecule has 122 valence electrons. The van der Waals surface area contributed by atoms with Crippen molar-refractivity contribution in [3.63, 3.8) is 0 Å². The number of nitrogens with zero attached hydrogens (tertiary/aromatic N) is 2. The third kappa shape index (κ3) is 4.45. The molecule has 1 N–H and O–H groups in total. The number of Topliss-reactive ketones (excluding diaryl/α,β-unsaturated/α-hetero) is 1. The smallest absolute Gasteiger partial charge is 0.165 e. The average Bonchev–Trinajstić information content (AvgIpc) is 2.60. The highest BCUT2D eigenvalue weighted by molar-refractivity contribution is 6.01. The molecule has 1 aromatic rings. The number of rotatable bonds is 8. The van der Waals surface area contributed by atoms with Crippen molar-refractivity contribution in [1.29, 1.82) is 0 Å². The van der Waals surface area contributed by atoms with Gasteiger partial charge in [0.05, 0.1) is 11.4 Å². The van der Waals surface area contributed by atoms with Crippen molar-refractivity contribution in [3.05, 3.63) is 46.8 Å². The lowest BCUT2D eigenvalue weighted by Crippen LogP contribution is -2.10. The summed E-state index contributed by atoms with van der Waals surface area (Å²) in [6, 6.07) is 1.75. The molecule has 0 spiro atoms. The highest BCUT2D eigenvalue weighted by Crippen LogP contribution is 2.27. The molecule has 23 heavy (non-hydrogen) atoms. The van der Waals surface area contributed by atoms with Crippen molar-refractivity contribution in [3.8, 4) is 0 Å². The summed E-state index contributed by atoms with van der Waals surface area (Å²) >= 11 is 0. The number of nitrogens with one attached hydrogen (secondary N) is 1. The van der Waals surface area contributed by atoms with E-state index >= 15 is 0 Å². The molecule has 1 heterocycles. The van der Waals surface area contributed by atoms with Crippen LogP contribution in [0.15, 0.2) is 40.6 Å². The summed E-state index contributed by atoms with van der Waals surface area (Å²) in [5.41, 5.74) is 4.84. The summed E-state index contributed by atoms with van der Waals surface area (Å²) in [4.78, 5) is 20.9. The molecule has 0 unspecified atom stereocenters. The minimum Gasteiger partial charge on any atom is -0.314 e. The largest absolute Gasteiger partial charge is 0.314 e. The van der Waals surface area contributed by atoms with Gasteiger partial charge in [0.25, 0.3) is 0 Å². The first-order valence-electron chi connectivity index (χ1n) is 8.19. The molecule has 2 rings (SSSR count). The Morgan fingerprint density at radius 1 is 1.35 bits per heavy atom. The second kappa shape index (κ2) is 8.53. The van der Waals surface area contributed by atoms with Crippen LogP contribution in [0, 0.1) is 0 Å². The average molecular weight is 311 g/mol. The van der Waals surface area contributed by atoms with Gasteiger partial charge in [-0.1, -0.05) is 30.2 Å². The molecule has 1 aliphatic rings. The third-order valence-electron chi connectivity index (χ3n) is 4.25. The second-order valence-corrected chi connectivity index (χ2v) is 5.77. The number of carbonyl (C=O) groups is 1. The zero-order valence-corrected chi connectivity index (χ0v) is 14.1. The molecule has 0 saturated heterocycles. The Bertz CT molecular complexity index is 644. The number of carbonyl (C=O) groups excluding carboxylic acids is 1. The number of hydrogen-bond acceptors (Lipinski definition) is 4. The van der Waals surface area contributed by atoms with E-state index in [4.69, 9.17) is 0 Å². The Morgan fingerprint density at radius 2 is 2.09 bits per heavy atom. The lowest BCUT2D eigenvalue weighted by molar-refractivity contribution is 0.0983. The standard InChI is InChI=1S/C19H25N3O/c1-4-14-5-7-15(8-6-14)9-10-18(23)16-11-12-22-17(13-20-2)19(16)21-3/h5,7,11-12,20H,3-4,6,8-10,13H2,1-2H3. The molecule has 4 nitrogen and oxygen atoms in total. The van der Waals surface area contributed by atoms with Crippen LogP contribution < -0.4 is 5.32 Å². The maximum absolute atomic E-state index is 12.6. The van der Waals surface area contributed by atoms with E-state index in [2.05, 4.69) is 41.1 Å². The molecule has 1 aromatic heterocycles. The number of allylic oxidation sites excluding steroid dienone is 4. The molecular formula is C19H25N3O. The first-order chi connectivity index (χ1) is 11.2. The summed E-state index contributed by atoms with van der Waals surface area (Å²) in [7, 11) is 1.84. The minimum atomic E-state index is 0.110. The summed E-state index contributed by atoms with van der Waals surface area (Å²) in [6.45, 7) is 6.35. The summed E-state index contributed by atoms with van der Waals surface area (Å²) in [5, 5.41) is 3.04. The van der Waals surface area contributed by atoms with Crippen LogP contribution in [0.4, 0.5) is 5.69 Å². The topological polar surface area (TPSA) is 54.4 Å². The fourth-order valence-electron chi connectivity index (χ4n) is 2.83. The molecule has 0 saturated carbocycles. The van der Waals surface area contributed by atoms with E-state index in [1.807, 2.05) is 7.05 Å². The van der Waals surface area contributed by atoms with Gasteiger partial charge in [0, 0.05) is 24.7 Å². The van der Waals surface area contributed by atoms with Gasteiger partial charge in [-0.2, -0.15) is 0 Å². The lowest BCUT2D eigenvalue weighted by atomic mass is 9.92.